The summed E-state index contributed by atoms with van der Waals surface area (Å²) in [7, 11) is 0. The second-order valence-electron chi connectivity index (χ2n) is 6.98. The van der Waals surface area contributed by atoms with Gasteiger partial charge in [0.1, 0.15) is 4.88 Å². The van der Waals surface area contributed by atoms with Gasteiger partial charge >= 0.3 is 5.97 Å². The zero-order valence-electron chi connectivity index (χ0n) is 15.5. The normalized spacial score (nSPS) is 15.0. The molecule has 1 aliphatic carbocycles. The lowest BCUT2D eigenvalue weighted by Crippen LogP contribution is -2.08. The maximum absolute atomic E-state index is 12.5. The van der Waals surface area contributed by atoms with Crippen molar-refractivity contribution in [2.24, 2.45) is 0 Å². The van der Waals surface area contributed by atoms with E-state index in [0.717, 1.165) is 24.0 Å². The summed E-state index contributed by atoms with van der Waals surface area (Å²) >= 11 is 1.56. The molecule has 0 saturated carbocycles. The topological polar surface area (TPSA) is 65.2 Å². The molecule has 0 N–H and O–H groups in total. The van der Waals surface area contributed by atoms with Gasteiger partial charge in [-0.15, -0.1) is 21.5 Å². The van der Waals surface area contributed by atoms with Crippen LogP contribution in [0.25, 0.3) is 11.5 Å². The minimum Gasteiger partial charge on any atom is -0.448 e. The fourth-order valence-corrected chi connectivity index (χ4v) is 4.39. The fraction of sp³-hybridized carbons (Fsp3) is 0.381. The molecule has 4 rings (SSSR count). The van der Waals surface area contributed by atoms with E-state index in [4.69, 9.17) is 9.15 Å². The van der Waals surface area contributed by atoms with Crippen molar-refractivity contribution in [3.63, 3.8) is 0 Å². The fourth-order valence-electron chi connectivity index (χ4n) is 3.25. The highest BCUT2D eigenvalue weighted by Gasteiger charge is 2.23. The van der Waals surface area contributed by atoms with Crippen LogP contribution >= 0.6 is 11.3 Å². The molecule has 1 aliphatic rings. The van der Waals surface area contributed by atoms with Crippen LogP contribution in [0, 0.1) is 6.92 Å². The summed E-state index contributed by atoms with van der Waals surface area (Å²) < 4.78 is 11.3. The molecule has 140 valence electrons. The van der Waals surface area contributed by atoms with Gasteiger partial charge in [0.2, 0.25) is 5.89 Å². The van der Waals surface area contributed by atoms with Crippen LogP contribution in [0.15, 0.2) is 34.7 Å². The van der Waals surface area contributed by atoms with Gasteiger partial charge in [-0.05, 0) is 63.3 Å². The number of carbonyl (C=O) groups excluding carboxylic acids is 1. The van der Waals surface area contributed by atoms with Crippen LogP contribution in [0.2, 0.25) is 0 Å². The van der Waals surface area contributed by atoms with E-state index in [2.05, 4.69) is 10.2 Å². The van der Waals surface area contributed by atoms with Crippen LogP contribution in [0.4, 0.5) is 0 Å². The lowest BCUT2D eigenvalue weighted by atomic mass is 10.1. The van der Waals surface area contributed by atoms with Gasteiger partial charge in [0.05, 0.1) is 0 Å². The summed E-state index contributed by atoms with van der Waals surface area (Å²) in [6.45, 7) is 3.78. The number of fused-ring (bicyclic) bond motifs is 1. The Balaban J connectivity index is 1.45. The summed E-state index contributed by atoms with van der Waals surface area (Å²) in [6.07, 6.45) is 5.18. The molecular formula is C21H22N2O3S. The van der Waals surface area contributed by atoms with Crippen LogP contribution in [0.3, 0.4) is 0 Å². The number of esters is 1. The van der Waals surface area contributed by atoms with Crippen molar-refractivity contribution in [1.29, 1.82) is 0 Å². The zero-order valence-corrected chi connectivity index (χ0v) is 16.3. The average Bonchev–Trinajstić information content (AvgIpc) is 3.25. The number of aryl methyl sites for hydroxylation is 3. The molecule has 0 fully saturated rings. The highest BCUT2D eigenvalue weighted by atomic mass is 32.1. The van der Waals surface area contributed by atoms with E-state index in [1.165, 1.54) is 29.7 Å². The van der Waals surface area contributed by atoms with Crippen molar-refractivity contribution >= 4 is 17.3 Å². The van der Waals surface area contributed by atoms with Crippen molar-refractivity contribution in [3.05, 3.63) is 57.1 Å². The zero-order chi connectivity index (χ0) is 18.8. The quantitative estimate of drug-likeness (QED) is 0.453. The average molecular weight is 382 g/mol. The highest BCUT2D eigenvalue weighted by Crippen LogP contribution is 2.30. The van der Waals surface area contributed by atoms with E-state index >= 15 is 0 Å². The second kappa shape index (κ2) is 7.64. The van der Waals surface area contributed by atoms with Gasteiger partial charge in [0.15, 0.2) is 6.10 Å². The van der Waals surface area contributed by atoms with Crippen LogP contribution in [0.1, 0.15) is 63.9 Å². The van der Waals surface area contributed by atoms with Gasteiger partial charge in [-0.25, -0.2) is 4.79 Å². The van der Waals surface area contributed by atoms with Crippen molar-refractivity contribution in [2.45, 2.75) is 52.1 Å². The number of hydrogen-bond acceptors (Lipinski definition) is 6. The molecule has 5 nitrogen and oxygen atoms in total. The summed E-state index contributed by atoms with van der Waals surface area (Å²) in [5.41, 5.74) is 3.31. The van der Waals surface area contributed by atoms with Gasteiger partial charge in [0.25, 0.3) is 5.89 Å². The summed E-state index contributed by atoms with van der Waals surface area (Å²) in [5.74, 6) is 0.406. The first-order valence-corrected chi connectivity index (χ1v) is 10.1. The third kappa shape index (κ3) is 3.95. The van der Waals surface area contributed by atoms with Crippen molar-refractivity contribution in [1.82, 2.24) is 10.2 Å². The molecule has 6 heteroatoms. The number of thiophene rings is 1. The van der Waals surface area contributed by atoms with E-state index in [1.807, 2.05) is 37.3 Å². The lowest BCUT2D eigenvalue weighted by Gasteiger charge is -2.08. The molecule has 0 spiro atoms. The number of rotatable bonds is 4. The van der Waals surface area contributed by atoms with Gasteiger partial charge in [-0.3, -0.25) is 0 Å². The first kappa shape index (κ1) is 17.9. The molecule has 27 heavy (non-hydrogen) atoms. The Morgan fingerprint density at radius 2 is 1.93 bits per heavy atom. The third-order valence-electron chi connectivity index (χ3n) is 4.82. The molecule has 2 heterocycles. The first-order chi connectivity index (χ1) is 13.1. The largest absolute Gasteiger partial charge is 0.448 e. The smallest absolute Gasteiger partial charge is 0.349 e. The van der Waals surface area contributed by atoms with E-state index < -0.39 is 6.10 Å². The van der Waals surface area contributed by atoms with E-state index in [-0.39, 0.29) is 5.97 Å². The van der Waals surface area contributed by atoms with Crippen molar-refractivity contribution in [3.8, 4) is 11.5 Å². The minimum absolute atomic E-state index is 0.303. The molecular weight excluding hydrogens is 360 g/mol. The number of carbonyl (C=O) groups is 1. The predicted octanol–water partition coefficient (Wildman–Crippen LogP) is 5.29. The first-order valence-electron chi connectivity index (χ1n) is 9.33. The summed E-state index contributed by atoms with van der Waals surface area (Å²) in [6, 6.07) is 9.84. The SMILES string of the molecule is Cc1ccc(-c2nnc([C@H](C)OC(=O)c3cc4c(s3)CCCCC4)o2)cc1. The van der Waals surface area contributed by atoms with E-state index in [9.17, 15) is 4.79 Å². The van der Waals surface area contributed by atoms with Crippen LogP contribution in [-0.2, 0) is 17.6 Å². The molecule has 0 unspecified atom stereocenters. The molecule has 0 aliphatic heterocycles. The van der Waals surface area contributed by atoms with Crippen molar-refractivity contribution < 1.29 is 13.9 Å². The lowest BCUT2D eigenvalue weighted by molar-refractivity contribution is 0.0285. The monoisotopic (exact) mass is 382 g/mol. The van der Waals surface area contributed by atoms with Crippen LogP contribution in [-0.4, -0.2) is 16.2 Å². The molecule has 1 atom stereocenters. The van der Waals surface area contributed by atoms with Crippen molar-refractivity contribution in [2.75, 3.05) is 0 Å². The highest BCUT2D eigenvalue weighted by molar-refractivity contribution is 7.14. The molecule has 2 aromatic heterocycles. The maximum atomic E-state index is 12.5. The molecule has 3 aromatic rings. The Morgan fingerprint density at radius 3 is 2.74 bits per heavy atom. The van der Waals surface area contributed by atoms with Crippen LogP contribution < -0.4 is 0 Å². The molecule has 0 bridgehead atoms. The Kier molecular flexibility index (Phi) is 5.07. The number of nitrogens with zero attached hydrogens (tertiary/aromatic N) is 2. The molecule has 0 amide bonds. The standard InChI is InChI=1S/C21H22N2O3S/c1-13-8-10-15(11-9-13)20-23-22-19(26-20)14(2)25-21(24)18-12-16-6-4-3-5-7-17(16)27-18/h8-12,14H,3-7H2,1-2H3/t14-/m0/s1. The number of aromatic nitrogens is 2. The van der Waals surface area contributed by atoms with Crippen LogP contribution in [0.5, 0.6) is 0 Å². The number of benzene rings is 1. The molecule has 0 radical (unpaired) electrons. The van der Waals surface area contributed by atoms with Gasteiger partial charge in [-0.2, -0.15) is 0 Å². The van der Waals surface area contributed by atoms with Gasteiger partial charge in [-0.1, -0.05) is 24.1 Å². The Bertz CT molecular complexity index is 919. The Labute approximate surface area is 162 Å². The predicted molar refractivity (Wildman–Crippen MR) is 104 cm³/mol. The number of ether oxygens (including phenoxy) is 1. The van der Waals surface area contributed by atoms with E-state index in [1.54, 1.807) is 18.3 Å². The Hall–Kier alpha value is -2.47. The maximum Gasteiger partial charge on any atom is 0.349 e. The van der Waals surface area contributed by atoms with Gasteiger partial charge in [0, 0.05) is 10.4 Å². The minimum atomic E-state index is -0.592. The van der Waals surface area contributed by atoms with Gasteiger partial charge < -0.3 is 9.15 Å². The Morgan fingerprint density at radius 1 is 1.15 bits per heavy atom. The molecule has 1 aromatic carbocycles. The summed E-state index contributed by atoms with van der Waals surface area (Å²) in [5, 5.41) is 8.12. The third-order valence-corrected chi connectivity index (χ3v) is 6.04. The summed E-state index contributed by atoms with van der Waals surface area (Å²) in [4.78, 5) is 14.5. The van der Waals surface area contributed by atoms with E-state index in [0.29, 0.717) is 16.7 Å². The number of hydrogen-bond donors (Lipinski definition) is 0. The second-order valence-corrected chi connectivity index (χ2v) is 8.12. The molecule has 0 saturated heterocycles.